The predicted molar refractivity (Wildman–Crippen MR) is 221 cm³/mol. The lowest BCUT2D eigenvalue weighted by Gasteiger charge is -2.06. The number of unbranched alkanes of at least 4 members (excludes halogenated alkanes) is 30. The molecule has 0 aromatic rings. The van der Waals surface area contributed by atoms with Crippen molar-refractivity contribution in [1.82, 2.24) is 0 Å². The molecule has 7 heteroatoms. The van der Waals surface area contributed by atoms with Gasteiger partial charge in [-0.15, -0.1) is 0 Å². The van der Waals surface area contributed by atoms with Gasteiger partial charge in [-0.1, -0.05) is 213 Å². The van der Waals surface area contributed by atoms with E-state index < -0.39 is 6.09 Å². The first kappa shape index (κ1) is 52.3. The second-order valence-corrected chi connectivity index (χ2v) is 15.1. The number of ether oxygens (including phenoxy) is 3. The van der Waals surface area contributed by atoms with E-state index >= 15 is 0 Å². The molecule has 0 heterocycles. The molecule has 0 rings (SSSR count). The van der Waals surface area contributed by atoms with Crippen LogP contribution in [0.1, 0.15) is 252 Å². The molecule has 7 nitrogen and oxygen atoms in total. The molecule has 0 saturated carbocycles. The Balaban J connectivity index is 0. The monoisotopic (exact) mass is 740 g/mol. The molecule has 0 fully saturated rings. The number of carbonyl (C=O) groups excluding carboxylic acids is 3. The van der Waals surface area contributed by atoms with Crippen LogP contribution in [-0.2, 0) is 23.8 Å². The summed E-state index contributed by atoms with van der Waals surface area (Å²) < 4.78 is 15.0. The van der Waals surface area contributed by atoms with Crippen LogP contribution in [0.5, 0.6) is 0 Å². The van der Waals surface area contributed by atoms with E-state index in [4.69, 9.17) is 9.47 Å². The number of esters is 2. The van der Waals surface area contributed by atoms with Crippen molar-refractivity contribution in [1.29, 1.82) is 0 Å². The third-order valence-corrected chi connectivity index (χ3v) is 9.73. The summed E-state index contributed by atoms with van der Waals surface area (Å²) in [4.78, 5) is 33.6. The van der Waals surface area contributed by atoms with Crippen LogP contribution >= 0.6 is 0 Å². The van der Waals surface area contributed by atoms with Gasteiger partial charge in [0.2, 0.25) is 0 Å². The molecule has 1 amide bonds. The van der Waals surface area contributed by atoms with Gasteiger partial charge >= 0.3 is 18.0 Å². The Morgan fingerprint density at radius 1 is 0.308 bits per heavy atom. The fourth-order valence-electron chi connectivity index (χ4n) is 6.40. The van der Waals surface area contributed by atoms with Crippen molar-refractivity contribution in [3.05, 3.63) is 0 Å². The van der Waals surface area contributed by atoms with E-state index in [2.05, 4.69) is 24.3 Å². The zero-order chi connectivity index (χ0) is 38.4. The molecular formula is C45H89NO6. The summed E-state index contributed by atoms with van der Waals surface area (Å²) >= 11 is 0. The van der Waals surface area contributed by atoms with Crippen LogP contribution in [0.4, 0.5) is 4.79 Å². The number of carbonyl (C=O) groups is 3. The van der Waals surface area contributed by atoms with Gasteiger partial charge < -0.3 is 19.9 Å². The number of rotatable bonds is 40. The van der Waals surface area contributed by atoms with Crippen LogP contribution < -0.4 is 5.73 Å². The number of amides is 1. The van der Waals surface area contributed by atoms with Crippen molar-refractivity contribution in [2.75, 3.05) is 19.8 Å². The molecule has 0 aromatic heterocycles. The minimum atomic E-state index is -0.693. The van der Waals surface area contributed by atoms with Gasteiger partial charge in [-0.3, -0.25) is 9.59 Å². The minimum Gasteiger partial charge on any atom is -0.466 e. The summed E-state index contributed by atoms with van der Waals surface area (Å²) in [5, 5.41) is 0. The molecule has 310 valence electrons. The summed E-state index contributed by atoms with van der Waals surface area (Å²) in [6.45, 7) is 7.93. The van der Waals surface area contributed by atoms with Crippen LogP contribution in [0.3, 0.4) is 0 Å². The number of primary amides is 1. The Hall–Kier alpha value is -1.79. The van der Waals surface area contributed by atoms with Gasteiger partial charge in [0, 0.05) is 12.8 Å². The Bertz CT molecular complexity index is 681. The summed E-state index contributed by atoms with van der Waals surface area (Å²) in [6.07, 6.45) is 44.2. The van der Waals surface area contributed by atoms with E-state index in [9.17, 15) is 14.4 Å². The molecule has 0 unspecified atom stereocenters. The van der Waals surface area contributed by atoms with Gasteiger partial charge in [0.05, 0.1) is 19.8 Å². The highest BCUT2D eigenvalue weighted by Gasteiger charge is 2.07. The highest BCUT2D eigenvalue weighted by atomic mass is 16.5. The Morgan fingerprint density at radius 2 is 0.558 bits per heavy atom. The molecule has 0 bridgehead atoms. The maximum Gasteiger partial charge on any atom is 0.404 e. The van der Waals surface area contributed by atoms with Crippen LogP contribution in [-0.4, -0.2) is 37.9 Å². The van der Waals surface area contributed by atoms with E-state index in [1.54, 1.807) is 0 Å². The lowest BCUT2D eigenvalue weighted by atomic mass is 10.0. The fourth-order valence-corrected chi connectivity index (χ4v) is 6.40. The van der Waals surface area contributed by atoms with Crippen molar-refractivity contribution in [2.24, 2.45) is 5.73 Å². The van der Waals surface area contributed by atoms with Gasteiger partial charge in [0.1, 0.15) is 0 Å². The minimum absolute atomic E-state index is 0.179. The van der Waals surface area contributed by atoms with E-state index in [1.165, 1.54) is 180 Å². The summed E-state index contributed by atoms with van der Waals surface area (Å²) in [5.74, 6) is -0.358. The average molecular weight is 740 g/mol. The second kappa shape index (κ2) is 47.2. The third kappa shape index (κ3) is 50.3. The lowest BCUT2D eigenvalue weighted by molar-refractivity contribution is -0.145. The van der Waals surface area contributed by atoms with Crippen LogP contribution in [0.2, 0.25) is 0 Å². The molecule has 0 saturated heterocycles. The highest BCUT2D eigenvalue weighted by Crippen LogP contribution is 2.15. The van der Waals surface area contributed by atoms with Gasteiger partial charge in [-0.05, 0) is 25.7 Å². The van der Waals surface area contributed by atoms with E-state index in [0.29, 0.717) is 39.1 Å². The van der Waals surface area contributed by atoms with Gasteiger partial charge in [-0.2, -0.15) is 0 Å². The normalized spacial score (nSPS) is 10.8. The van der Waals surface area contributed by atoms with Crippen LogP contribution in [0, 0.1) is 0 Å². The molecule has 0 spiro atoms. The highest BCUT2D eigenvalue weighted by molar-refractivity contribution is 5.72. The Morgan fingerprint density at radius 3 is 0.769 bits per heavy atom. The molecule has 0 aliphatic rings. The Labute approximate surface area is 323 Å². The largest absolute Gasteiger partial charge is 0.466 e. The van der Waals surface area contributed by atoms with Crippen molar-refractivity contribution >= 4 is 18.0 Å². The summed E-state index contributed by atoms with van der Waals surface area (Å²) in [7, 11) is 0. The topological polar surface area (TPSA) is 105 Å². The van der Waals surface area contributed by atoms with E-state index in [1.807, 2.05) is 6.92 Å². The zero-order valence-electron chi connectivity index (χ0n) is 35.1. The second-order valence-electron chi connectivity index (χ2n) is 15.1. The lowest BCUT2D eigenvalue weighted by Crippen LogP contribution is -2.12. The third-order valence-electron chi connectivity index (χ3n) is 9.73. The van der Waals surface area contributed by atoms with Crippen LogP contribution in [0.15, 0.2) is 0 Å². The molecule has 0 radical (unpaired) electrons. The molecular weight excluding hydrogens is 650 g/mol. The fraction of sp³-hybridized carbons (Fsp3) is 0.933. The van der Waals surface area contributed by atoms with Crippen molar-refractivity contribution < 1.29 is 28.6 Å². The van der Waals surface area contributed by atoms with Crippen molar-refractivity contribution in [3.63, 3.8) is 0 Å². The molecule has 52 heavy (non-hydrogen) atoms. The molecule has 0 atom stereocenters. The SMILES string of the molecule is CCCCCCCCCCCCCCCCCCOC(=O)CCCC(=O)OCCCCCCCCCCCCCCCCCC.CCCOC(N)=O. The maximum atomic E-state index is 11.9. The van der Waals surface area contributed by atoms with Crippen molar-refractivity contribution in [3.8, 4) is 0 Å². The standard InChI is InChI=1S/C41H80O4.C4H9NO2/c1-3-5-7-9-11-13-15-17-19-21-23-25-27-29-31-33-38-44-40(42)36-35-37-41(43)45-39-34-32-30-28-26-24-22-20-18-16-14-12-10-8-6-4-2;1-2-3-7-4(5)6/h3-39H2,1-2H3;2-3H2,1H3,(H2,5,6). The zero-order valence-corrected chi connectivity index (χ0v) is 35.1. The summed E-state index contributed by atoms with van der Waals surface area (Å²) in [5.41, 5.74) is 4.62. The molecule has 0 aromatic carbocycles. The first-order chi connectivity index (χ1) is 25.5. The molecule has 2 N–H and O–H groups in total. The number of hydrogen-bond acceptors (Lipinski definition) is 6. The maximum absolute atomic E-state index is 11.9. The first-order valence-corrected chi connectivity index (χ1v) is 22.7. The van der Waals surface area contributed by atoms with Gasteiger partial charge in [-0.25, -0.2) is 4.79 Å². The smallest absolute Gasteiger partial charge is 0.404 e. The number of nitrogens with two attached hydrogens (primary N) is 1. The molecule has 0 aliphatic heterocycles. The first-order valence-electron chi connectivity index (χ1n) is 22.7. The average Bonchev–Trinajstić information content (AvgIpc) is 3.13. The molecule has 0 aliphatic carbocycles. The van der Waals surface area contributed by atoms with Crippen molar-refractivity contribution in [2.45, 2.75) is 252 Å². The van der Waals surface area contributed by atoms with Crippen LogP contribution in [0.25, 0.3) is 0 Å². The summed E-state index contributed by atoms with van der Waals surface area (Å²) in [6, 6.07) is 0. The van der Waals surface area contributed by atoms with Gasteiger partial charge in [0.15, 0.2) is 0 Å². The quantitative estimate of drug-likeness (QED) is 0.0381. The van der Waals surface area contributed by atoms with E-state index in [0.717, 1.165) is 32.1 Å². The van der Waals surface area contributed by atoms with E-state index in [-0.39, 0.29) is 11.9 Å². The number of hydrogen-bond donors (Lipinski definition) is 1. The Kier molecular flexibility index (Phi) is 47.5. The van der Waals surface area contributed by atoms with Gasteiger partial charge in [0.25, 0.3) is 0 Å². The predicted octanol–water partition coefficient (Wildman–Crippen LogP) is 14.3.